The van der Waals surface area contributed by atoms with Gasteiger partial charge >= 0.3 is 0 Å². The van der Waals surface area contributed by atoms with Crippen LogP contribution in [0.5, 0.6) is 5.75 Å². The van der Waals surface area contributed by atoms with Gasteiger partial charge in [-0.05, 0) is 48.2 Å². The molecule has 3 rings (SSSR count). The van der Waals surface area contributed by atoms with E-state index >= 15 is 0 Å². The third-order valence-corrected chi connectivity index (χ3v) is 4.99. The Kier molecular flexibility index (Phi) is 5.29. The van der Waals surface area contributed by atoms with E-state index in [9.17, 15) is 9.59 Å². The molecule has 8 heteroatoms. The standard InChI is InChI=1S/C17H10Cl3NO3S/c1-24-15-9(5-11(19)8-13(15)20)6-14-16(22)21(17(23)25-14)12-4-2-3-10(18)7-12/h2-8H,1H3. The van der Waals surface area contributed by atoms with E-state index in [1.807, 2.05) is 0 Å². The number of carbonyl (C=O) groups is 2. The Morgan fingerprint density at radius 1 is 1.08 bits per heavy atom. The van der Waals surface area contributed by atoms with Crippen molar-refractivity contribution in [2.45, 2.75) is 0 Å². The van der Waals surface area contributed by atoms with E-state index in [1.165, 1.54) is 19.3 Å². The second kappa shape index (κ2) is 7.30. The van der Waals surface area contributed by atoms with Crippen molar-refractivity contribution in [2.75, 3.05) is 12.0 Å². The molecule has 1 fully saturated rings. The van der Waals surface area contributed by atoms with Crippen LogP contribution in [-0.2, 0) is 4.79 Å². The van der Waals surface area contributed by atoms with Crippen LogP contribution in [0.15, 0.2) is 41.3 Å². The highest BCUT2D eigenvalue weighted by atomic mass is 35.5. The predicted octanol–water partition coefficient (Wildman–Crippen LogP) is 5.90. The summed E-state index contributed by atoms with van der Waals surface area (Å²) in [6, 6.07) is 9.68. The second-order valence-corrected chi connectivity index (χ2v) is 7.28. The maximum atomic E-state index is 12.7. The molecule has 0 bridgehead atoms. The van der Waals surface area contributed by atoms with Crippen molar-refractivity contribution in [3.63, 3.8) is 0 Å². The van der Waals surface area contributed by atoms with Gasteiger partial charge in [0.05, 0.1) is 22.7 Å². The smallest absolute Gasteiger partial charge is 0.298 e. The van der Waals surface area contributed by atoms with Crippen LogP contribution in [0, 0.1) is 0 Å². The van der Waals surface area contributed by atoms with E-state index < -0.39 is 11.1 Å². The zero-order valence-electron chi connectivity index (χ0n) is 12.8. The van der Waals surface area contributed by atoms with E-state index in [0.717, 1.165) is 16.7 Å². The molecule has 2 amide bonds. The number of ether oxygens (including phenoxy) is 1. The molecule has 1 heterocycles. The quantitative estimate of drug-likeness (QED) is 0.587. The van der Waals surface area contributed by atoms with Crippen LogP contribution in [0.25, 0.3) is 6.08 Å². The summed E-state index contributed by atoms with van der Waals surface area (Å²) in [7, 11) is 1.46. The number of nitrogens with zero attached hydrogens (tertiary/aromatic N) is 1. The van der Waals surface area contributed by atoms with Crippen LogP contribution in [0.1, 0.15) is 5.56 Å². The summed E-state index contributed by atoms with van der Waals surface area (Å²) in [5.41, 5.74) is 0.922. The fourth-order valence-electron chi connectivity index (χ4n) is 2.35. The number of rotatable bonds is 3. The molecule has 128 valence electrons. The summed E-state index contributed by atoms with van der Waals surface area (Å²) in [6.07, 6.45) is 1.53. The molecule has 0 spiro atoms. The van der Waals surface area contributed by atoms with E-state index in [0.29, 0.717) is 32.1 Å². The minimum Gasteiger partial charge on any atom is -0.495 e. The molecular weight excluding hydrogens is 405 g/mol. The Hall–Kier alpha value is -1.66. The lowest BCUT2D eigenvalue weighted by molar-refractivity contribution is -0.113. The molecule has 4 nitrogen and oxygen atoms in total. The molecular formula is C17H10Cl3NO3S. The van der Waals surface area contributed by atoms with E-state index in [2.05, 4.69) is 0 Å². The monoisotopic (exact) mass is 413 g/mol. The van der Waals surface area contributed by atoms with Crippen molar-refractivity contribution in [1.82, 2.24) is 0 Å². The number of thioether (sulfide) groups is 1. The van der Waals surface area contributed by atoms with Gasteiger partial charge in [-0.1, -0.05) is 40.9 Å². The Morgan fingerprint density at radius 2 is 1.84 bits per heavy atom. The molecule has 1 aliphatic heterocycles. The normalized spacial score (nSPS) is 16.0. The van der Waals surface area contributed by atoms with E-state index in [-0.39, 0.29) is 4.91 Å². The van der Waals surface area contributed by atoms with Crippen molar-refractivity contribution < 1.29 is 14.3 Å². The van der Waals surface area contributed by atoms with Gasteiger partial charge in [-0.2, -0.15) is 0 Å². The number of imide groups is 1. The van der Waals surface area contributed by atoms with Gasteiger partial charge in [0.1, 0.15) is 5.75 Å². The Morgan fingerprint density at radius 3 is 2.52 bits per heavy atom. The lowest BCUT2D eigenvalue weighted by Gasteiger charge is -2.12. The van der Waals surface area contributed by atoms with Gasteiger partial charge in [0, 0.05) is 15.6 Å². The summed E-state index contributed by atoms with van der Waals surface area (Å²) < 4.78 is 5.26. The lowest BCUT2D eigenvalue weighted by atomic mass is 10.1. The van der Waals surface area contributed by atoms with Gasteiger partial charge in [0.2, 0.25) is 0 Å². The van der Waals surface area contributed by atoms with E-state index in [1.54, 1.807) is 30.3 Å². The third-order valence-electron chi connectivity index (χ3n) is 3.39. The Labute approximate surface area is 163 Å². The van der Waals surface area contributed by atoms with E-state index in [4.69, 9.17) is 39.5 Å². The minimum absolute atomic E-state index is 0.238. The largest absolute Gasteiger partial charge is 0.495 e. The first-order chi connectivity index (χ1) is 11.9. The average molecular weight is 415 g/mol. The molecule has 0 unspecified atom stereocenters. The number of anilines is 1. The number of benzene rings is 2. The summed E-state index contributed by atoms with van der Waals surface area (Å²) in [5, 5.41) is 0.732. The fraction of sp³-hybridized carbons (Fsp3) is 0.0588. The first kappa shape index (κ1) is 18.1. The molecule has 0 radical (unpaired) electrons. The fourth-order valence-corrected chi connectivity index (χ4v) is 3.95. The van der Waals surface area contributed by atoms with Crippen molar-refractivity contribution in [2.24, 2.45) is 0 Å². The van der Waals surface area contributed by atoms with Crippen LogP contribution < -0.4 is 9.64 Å². The molecule has 1 saturated heterocycles. The third kappa shape index (κ3) is 3.65. The molecule has 0 N–H and O–H groups in total. The molecule has 1 aliphatic rings. The highest BCUT2D eigenvalue weighted by molar-refractivity contribution is 8.19. The van der Waals surface area contributed by atoms with Gasteiger partial charge in [-0.25, -0.2) is 4.90 Å². The van der Waals surface area contributed by atoms with Crippen LogP contribution in [-0.4, -0.2) is 18.3 Å². The number of amides is 2. The first-order valence-electron chi connectivity index (χ1n) is 6.97. The van der Waals surface area contributed by atoms with Gasteiger partial charge in [-0.3, -0.25) is 9.59 Å². The minimum atomic E-state index is -0.449. The summed E-state index contributed by atoms with van der Waals surface area (Å²) in [4.78, 5) is 26.3. The zero-order chi connectivity index (χ0) is 18.1. The maximum absolute atomic E-state index is 12.7. The SMILES string of the molecule is COc1c(Cl)cc(Cl)cc1C=C1SC(=O)N(c2cccc(Cl)c2)C1=O. The molecule has 0 aliphatic carbocycles. The Balaban J connectivity index is 2.02. The van der Waals surface area contributed by atoms with Gasteiger partial charge in [-0.15, -0.1) is 0 Å². The van der Waals surface area contributed by atoms with Crippen molar-refractivity contribution in [1.29, 1.82) is 0 Å². The summed E-state index contributed by atoms with van der Waals surface area (Å²) >= 11 is 18.9. The van der Waals surface area contributed by atoms with Crippen molar-refractivity contribution >= 4 is 69.5 Å². The number of halogens is 3. The average Bonchev–Trinajstić information content (AvgIpc) is 2.81. The van der Waals surface area contributed by atoms with Crippen LogP contribution in [0.3, 0.4) is 0 Å². The maximum Gasteiger partial charge on any atom is 0.298 e. The molecule has 0 saturated carbocycles. The van der Waals surface area contributed by atoms with Crippen LogP contribution in [0.2, 0.25) is 15.1 Å². The van der Waals surface area contributed by atoms with Crippen LogP contribution >= 0.6 is 46.6 Å². The predicted molar refractivity (Wildman–Crippen MR) is 103 cm³/mol. The lowest BCUT2D eigenvalue weighted by Crippen LogP contribution is -2.27. The zero-order valence-corrected chi connectivity index (χ0v) is 15.8. The number of carbonyl (C=O) groups excluding carboxylic acids is 2. The number of hydrogen-bond acceptors (Lipinski definition) is 4. The Bertz CT molecular complexity index is 914. The molecule has 25 heavy (non-hydrogen) atoms. The highest BCUT2D eigenvalue weighted by Crippen LogP contribution is 2.39. The van der Waals surface area contributed by atoms with Crippen LogP contribution in [0.4, 0.5) is 10.5 Å². The van der Waals surface area contributed by atoms with Gasteiger partial charge in [0.25, 0.3) is 11.1 Å². The molecule has 0 atom stereocenters. The van der Waals surface area contributed by atoms with Gasteiger partial charge < -0.3 is 4.74 Å². The number of hydrogen-bond donors (Lipinski definition) is 0. The molecule has 2 aromatic rings. The summed E-state index contributed by atoms with van der Waals surface area (Å²) in [6.45, 7) is 0. The topological polar surface area (TPSA) is 46.6 Å². The molecule has 2 aromatic carbocycles. The van der Waals surface area contributed by atoms with Crippen molar-refractivity contribution in [3.8, 4) is 5.75 Å². The van der Waals surface area contributed by atoms with Crippen molar-refractivity contribution in [3.05, 3.63) is 61.9 Å². The van der Waals surface area contributed by atoms with Gasteiger partial charge in [0.15, 0.2) is 0 Å². The number of methoxy groups -OCH3 is 1. The first-order valence-corrected chi connectivity index (χ1v) is 8.92. The second-order valence-electron chi connectivity index (χ2n) is 5.01. The highest BCUT2D eigenvalue weighted by Gasteiger charge is 2.36. The molecule has 0 aromatic heterocycles. The summed E-state index contributed by atoms with van der Waals surface area (Å²) in [5.74, 6) is -0.0731.